The van der Waals surface area contributed by atoms with E-state index in [4.69, 9.17) is 0 Å². The van der Waals surface area contributed by atoms with Gasteiger partial charge in [0.1, 0.15) is 0 Å². The Hall–Kier alpha value is -6.18. The molecule has 0 heterocycles. The first-order chi connectivity index (χ1) is 29.5. The van der Waals surface area contributed by atoms with Crippen molar-refractivity contribution in [3.8, 4) is 44.5 Å². The summed E-state index contributed by atoms with van der Waals surface area (Å²) in [6, 6.07) is 67.1. The fraction of sp³-hybridized carbons (Fsp3) is 0.220. The van der Waals surface area contributed by atoms with Gasteiger partial charge in [-0.25, -0.2) is 0 Å². The summed E-state index contributed by atoms with van der Waals surface area (Å²) in [6.07, 6.45) is 6.96. The molecule has 4 fully saturated rings. The van der Waals surface area contributed by atoms with Crippen LogP contribution in [-0.2, 0) is 10.8 Å². The van der Waals surface area contributed by atoms with Gasteiger partial charge in [-0.2, -0.15) is 0 Å². The second kappa shape index (κ2) is 12.7. The summed E-state index contributed by atoms with van der Waals surface area (Å²) in [6.45, 7) is 4.79. The van der Waals surface area contributed by atoms with Crippen molar-refractivity contribution in [3.63, 3.8) is 0 Å². The number of benzene rings is 8. The minimum absolute atomic E-state index is 0.0650. The molecule has 6 aliphatic carbocycles. The molecule has 6 aliphatic rings. The molecule has 0 amide bonds. The maximum Gasteiger partial charge on any atom is 0.0546 e. The first kappa shape index (κ1) is 34.7. The SMILES string of the molecule is CC1(C)c2ccccc2-c2c(N(c3ccc(-c4ccccc4)cc3)c3cccc4cccc(-c5cccc6c5C5(c7ccccc7-6)C6CC7CC(C6)CC5C7)c34)cccc21. The summed E-state index contributed by atoms with van der Waals surface area (Å²) < 4.78 is 0. The van der Waals surface area contributed by atoms with Crippen molar-refractivity contribution in [2.45, 2.75) is 56.8 Å². The Balaban J connectivity index is 1.08. The van der Waals surface area contributed by atoms with Crippen molar-refractivity contribution in [1.29, 1.82) is 0 Å². The molecule has 60 heavy (non-hydrogen) atoms. The maximum absolute atomic E-state index is 2.59. The lowest BCUT2D eigenvalue weighted by Crippen LogP contribution is -2.55. The van der Waals surface area contributed by atoms with Crippen LogP contribution in [0.3, 0.4) is 0 Å². The van der Waals surface area contributed by atoms with Gasteiger partial charge in [0.15, 0.2) is 0 Å². The second-order valence-corrected chi connectivity index (χ2v) is 19.2. The molecule has 8 aromatic carbocycles. The predicted molar refractivity (Wildman–Crippen MR) is 250 cm³/mol. The molecule has 0 atom stereocenters. The van der Waals surface area contributed by atoms with E-state index < -0.39 is 0 Å². The molecule has 0 radical (unpaired) electrons. The Morgan fingerprint density at radius 1 is 0.417 bits per heavy atom. The molecule has 4 saturated carbocycles. The smallest absolute Gasteiger partial charge is 0.0546 e. The van der Waals surface area contributed by atoms with Crippen LogP contribution in [0.15, 0.2) is 176 Å². The van der Waals surface area contributed by atoms with Crippen molar-refractivity contribution < 1.29 is 0 Å². The molecule has 0 N–H and O–H groups in total. The summed E-state index contributed by atoms with van der Waals surface area (Å²) in [4.78, 5) is 2.59. The van der Waals surface area contributed by atoms with Crippen LogP contribution in [0.2, 0.25) is 0 Å². The standard InChI is InChI=1S/C59H49N/c1-58(2)50-23-8-7-19-49(50)56-52(58)25-13-27-54(56)60(44-30-28-40(29-31-44)39-14-4-3-5-15-39)53-26-11-17-41-16-10-20-46(55(41)53)48-22-12-21-47-45-18-6-9-24-51(45)59(57(47)48)42-33-37-32-38(35-42)36-43(59)34-37/h3-31,37-38,42-43H,32-36H2,1-2H3. The highest BCUT2D eigenvalue weighted by atomic mass is 15.1. The zero-order valence-corrected chi connectivity index (χ0v) is 34.5. The van der Waals surface area contributed by atoms with Gasteiger partial charge in [0, 0.05) is 27.5 Å². The largest absolute Gasteiger partial charge is 0.309 e. The number of rotatable bonds is 5. The lowest BCUT2D eigenvalue weighted by Gasteiger charge is -2.61. The highest BCUT2D eigenvalue weighted by Crippen LogP contribution is 2.70. The van der Waals surface area contributed by atoms with E-state index in [1.54, 1.807) is 11.1 Å². The molecule has 0 aromatic heterocycles. The quantitative estimate of drug-likeness (QED) is 0.168. The van der Waals surface area contributed by atoms with Crippen LogP contribution in [0.25, 0.3) is 55.3 Å². The third-order valence-corrected chi connectivity index (χ3v) is 16.0. The monoisotopic (exact) mass is 771 g/mol. The fourth-order valence-corrected chi connectivity index (χ4v) is 13.9. The zero-order valence-electron chi connectivity index (χ0n) is 34.5. The third kappa shape index (κ3) is 4.64. The summed E-state index contributed by atoms with van der Waals surface area (Å²) in [5.74, 6) is 3.19. The Bertz CT molecular complexity index is 2990. The maximum atomic E-state index is 2.59. The van der Waals surface area contributed by atoms with E-state index in [-0.39, 0.29) is 10.8 Å². The second-order valence-electron chi connectivity index (χ2n) is 19.2. The minimum Gasteiger partial charge on any atom is -0.309 e. The highest BCUT2D eigenvalue weighted by Gasteiger charge is 2.62. The molecule has 0 saturated heterocycles. The molecule has 0 aliphatic heterocycles. The molecule has 1 spiro atoms. The van der Waals surface area contributed by atoms with E-state index >= 15 is 0 Å². The summed E-state index contributed by atoms with van der Waals surface area (Å²) in [5, 5.41) is 2.59. The number of anilines is 3. The van der Waals surface area contributed by atoms with E-state index in [2.05, 4.69) is 195 Å². The summed E-state index contributed by atoms with van der Waals surface area (Å²) in [5.41, 5.74) is 20.4. The Morgan fingerprint density at radius 3 is 1.70 bits per heavy atom. The van der Waals surface area contributed by atoms with Gasteiger partial charge in [-0.05, 0) is 147 Å². The fourth-order valence-electron chi connectivity index (χ4n) is 13.9. The average Bonchev–Trinajstić information content (AvgIpc) is 3.72. The lowest BCUT2D eigenvalue weighted by atomic mass is 9.42. The first-order valence-corrected chi connectivity index (χ1v) is 22.4. The van der Waals surface area contributed by atoms with E-state index in [1.807, 2.05) is 0 Å². The van der Waals surface area contributed by atoms with Crippen molar-refractivity contribution in [2.24, 2.45) is 23.7 Å². The van der Waals surface area contributed by atoms with Crippen molar-refractivity contribution >= 4 is 27.8 Å². The number of fused-ring (bicyclic) bond motifs is 7. The van der Waals surface area contributed by atoms with Crippen molar-refractivity contribution in [1.82, 2.24) is 0 Å². The average molecular weight is 772 g/mol. The van der Waals surface area contributed by atoms with Crippen LogP contribution in [0.4, 0.5) is 17.1 Å². The topological polar surface area (TPSA) is 3.24 Å². The van der Waals surface area contributed by atoms with Crippen LogP contribution in [0, 0.1) is 23.7 Å². The van der Waals surface area contributed by atoms with Crippen molar-refractivity contribution in [3.05, 3.63) is 198 Å². The molecule has 1 heteroatoms. The van der Waals surface area contributed by atoms with Crippen LogP contribution in [0.1, 0.15) is 68.2 Å². The van der Waals surface area contributed by atoms with Gasteiger partial charge < -0.3 is 4.90 Å². The zero-order chi connectivity index (χ0) is 39.7. The Morgan fingerprint density at radius 2 is 0.950 bits per heavy atom. The highest BCUT2D eigenvalue weighted by molar-refractivity contribution is 6.10. The predicted octanol–water partition coefficient (Wildman–Crippen LogP) is 15.7. The van der Waals surface area contributed by atoms with Gasteiger partial charge >= 0.3 is 0 Å². The van der Waals surface area contributed by atoms with Crippen LogP contribution in [-0.4, -0.2) is 0 Å². The summed E-state index contributed by atoms with van der Waals surface area (Å²) in [7, 11) is 0. The molecule has 8 aromatic rings. The molecule has 0 unspecified atom stereocenters. The van der Waals surface area contributed by atoms with E-state index in [0.717, 1.165) is 17.5 Å². The molecule has 4 bridgehead atoms. The Labute approximate surface area is 354 Å². The molecule has 290 valence electrons. The Kier molecular flexibility index (Phi) is 7.32. The van der Waals surface area contributed by atoms with E-state index in [9.17, 15) is 0 Å². The molecule has 1 nitrogen and oxygen atoms in total. The summed E-state index contributed by atoms with van der Waals surface area (Å²) >= 11 is 0. The van der Waals surface area contributed by atoms with E-state index in [0.29, 0.717) is 11.8 Å². The molecular weight excluding hydrogens is 723 g/mol. The van der Waals surface area contributed by atoms with Gasteiger partial charge in [-0.3, -0.25) is 0 Å². The number of hydrogen-bond donors (Lipinski definition) is 0. The van der Waals surface area contributed by atoms with Crippen LogP contribution in [0.5, 0.6) is 0 Å². The molecular formula is C59H49N. The van der Waals surface area contributed by atoms with Gasteiger partial charge in [0.05, 0.1) is 11.4 Å². The van der Waals surface area contributed by atoms with Crippen LogP contribution < -0.4 is 4.90 Å². The van der Waals surface area contributed by atoms with Gasteiger partial charge in [0.25, 0.3) is 0 Å². The van der Waals surface area contributed by atoms with E-state index in [1.165, 1.54) is 110 Å². The third-order valence-electron chi connectivity index (χ3n) is 16.0. The molecule has 14 rings (SSSR count). The number of hydrogen-bond acceptors (Lipinski definition) is 1. The van der Waals surface area contributed by atoms with Gasteiger partial charge in [-0.15, -0.1) is 0 Å². The van der Waals surface area contributed by atoms with Gasteiger partial charge in [0.2, 0.25) is 0 Å². The number of nitrogens with zero attached hydrogens (tertiary/aromatic N) is 1. The normalized spacial score (nSPS) is 23.4. The lowest BCUT2D eigenvalue weighted by molar-refractivity contribution is -0.0397. The minimum atomic E-state index is -0.110. The first-order valence-electron chi connectivity index (χ1n) is 22.4. The van der Waals surface area contributed by atoms with Crippen LogP contribution >= 0.6 is 0 Å². The van der Waals surface area contributed by atoms with Crippen molar-refractivity contribution in [2.75, 3.05) is 4.90 Å². The van der Waals surface area contributed by atoms with Gasteiger partial charge in [-0.1, -0.05) is 166 Å².